The highest BCUT2D eigenvalue weighted by Crippen LogP contribution is 2.27. The molecule has 2 rings (SSSR count). The summed E-state index contributed by atoms with van der Waals surface area (Å²) in [6.45, 7) is 0. The zero-order chi connectivity index (χ0) is 15.1. The summed E-state index contributed by atoms with van der Waals surface area (Å²) in [5.74, 6) is 0.516. The third-order valence-electron chi connectivity index (χ3n) is 2.74. The third kappa shape index (κ3) is 4.52. The number of hydrogen-bond donors (Lipinski definition) is 1. The Labute approximate surface area is 132 Å². The normalized spacial score (nSPS) is 9.90. The molecule has 0 atom stereocenters. The Morgan fingerprint density at radius 3 is 2.67 bits per heavy atom. The van der Waals surface area contributed by atoms with Crippen LogP contribution in [0, 0.1) is 11.3 Å². The van der Waals surface area contributed by atoms with Crippen LogP contribution < -0.4 is 5.32 Å². The fraction of sp³-hybridized carbons (Fsp3) is 0.125. The fourth-order valence-electron chi connectivity index (χ4n) is 1.72. The number of nitriles is 1. The van der Waals surface area contributed by atoms with Crippen molar-refractivity contribution in [1.29, 1.82) is 5.26 Å². The molecule has 0 aromatic heterocycles. The molecule has 106 valence electrons. The molecule has 2 aromatic carbocycles. The van der Waals surface area contributed by atoms with E-state index in [0.29, 0.717) is 28.4 Å². The Kier molecular flexibility index (Phi) is 5.68. The van der Waals surface area contributed by atoms with E-state index < -0.39 is 0 Å². The number of para-hydroxylation sites is 1. The number of halogens is 1. The highest BCUT2D eigenvalue weighted by Gasteiger charge is 2.07. The van der Waals surface area contributed by atoms with Crippen molar-refractivity contribution in [2.45, 2.75) is 11.3 Å². The Hall–Kier alpha value is -1.96. The Morgan fingerprint density at radius 1 is 1.19 bits per heavy atom. The zero-order valence-corrected chi connectivity index (χ0v) is 12.7. The van der Waals surface area contributed by atoms with Gasteiger partial charge in [0.1, 0.15) is 6.07 Å². The van der Waals surface area contributed by atoms with Gasteiger partial charge in [0, 0.05) is 17.1 Å². The van der Waals surface area contributed by atoms with Crippen LogP contribution in [0.15, 0.2) is 53.4 Å². The van der Waals surface area contributed by atoms with Crippen molar-refractivity contribution in [2.24, 2.45) is 0 Å². The SMILES string of the molecule is N#Cc1ccccc1NC(=O)CCSc1ccccc1Cl. The second-order valence-corrected chi connectivity index (χ2v) is 5.78. The molecule has 21 heavy (non-hydrogen) atoms. The monoisotopic (exact) mass is 316 g/mol. The van der Waals surface area contributed by atoms with Crippen LogP contribution in [0.2, 0.25) is 5.02 Å². The van der Waals surface area contributed by atoms with Gasteiger partial charge in [0.05, 0.1) is 16.3 Å². The summed E-state index contributed by atoms with van der Waals surface area (Å²) < 4.78 is 0. The van der Waals surface area contributed by atoms with Crippen LogP contribution in [0.5, 0.6) is 0 Å². The zero-order valence-electron chi connectivity index (χ0n) is 11.2. The molecule has 3 nitrogen and oxygen atoms in total. The number of amides is 1. The lowest BCUT2D eigenvalue weighted by Gasteiger charge is -2.07. The topological polar surface area (TPSA) is 52.9 Å². The molecule has 0 bridgehead atoms. The molecule has 0 saturated carbocycles. The maximum atomic E-state index is 11.9. The molecule has 0 unspecified atom stereocenters. The van der Waals surface area contributed by atoms with E-state index in [9.17, 15) is 4.79 Å². The third-order valence-corrected chi connectivity index (χ3v) is 4.26. The number of thioether (sulfide) groups is 1. The summed E-state index contributed by atoms with van der Waals surface area (Å²) in [5, 5.41) is 12.4. The Balaban J connectivity index is 1.86. The van der Waals surface area contributed by atoms with E-state index in [1.807, 2.05) is 24.3 Å². The standard InChI is InChI=1S/C16H13ClN2OS/c17-13-6-2-4-8-15(13)21-10-9-16(20)19-14-7-3-1-5-12(14)11-18/h1-8H,9-10H2,(H,19,20). The van der Waals surface area contributed by atoms with Crippen LogP contribution in [0.3, 0.4) is 0 Å². The van der Waals surface area contributed by atoms with Gasteiger partial charge in [-0.15, -0.1) is 11.8 Å². The molecule has 2 aromatic rings. The maximum Gasteiger partial charge on any atom is 0.225 e. The molecular formula is C16H13ClN2OS. The summed E-state index contributed by atoms with van der Waals surface area (Å²) in [7, 11) is 0. The van der Waals surface area contributed by atoms with Crippen LogP contribution in [-0.4, -0.2) is 11.7 Å². The molecule has 0 aliphatic heterocycles. The molecule has 0 aliphatic carbocycles. The number of nitrogens with zero attached hydrogens (tertiary/aromatic N) is 1. The first-order valence-electron chi connectivity index (χ1n) is 6.37. The molecule has 0 fully saturated rings. The molecule has 0 saturated heterocycles. The van der Waals surface area contributed by atoms with Gasteiger partial charge in [0.15, 0.2) is 0 Å². The van der Waals surface area contributed by atoms with Crippen LogP contribution in [-0.2, 0) is 4.79 Å². The van der Waals surface area contributed by atoms with Crippen molar-refractivity contribution < 1.29 is 4.79 Å². The average Bonchev–Trinajstić information content (AvgIpc) is 2.50. The lowest BCUT2D eigenvalue weighted by atomic mass is 10.2. The second kappa shape index (κ2) is 7.72. The Bertz CT molecular complexity index is 682. The summed E-state index contributed by atoms with van der Waals surface area (Å²) in [4.78, 5) is 12.9. The number of rotatable bonds is 5. The molecule has 0 radical (unpaired) electrons. The molecule has 5 heteroatoms. The van der Waals surface area contributed by atoms with E-state index in [-0.39, 0.29) is 5.91 Å². The smallest absolute Gasteiger partial charge is 0.225 e. The largest absolute Gasteiger partial charge is 0.325 e. The van der Waals surface area contributed by atoms with Crippen molar-refractivity contribution in [3.05, 3.63) is 59.1 Å². The number of hydrogen-bond acceptors (Lipinski definition) is 3. The predicted molar refractivity (Wildman–Crippen MR) is 86.6 cm³/mol. The second-order valence-electron chi connectivity index (χ2n) is 4.23. The number of anilines is 1. The first kappa shape index (κ1) is 15.4. The van der Waals surface area contributed by atoms with E-state index in [1.54, 1.807) is 24.3 Å². The van der Waals surface area contributed by atoms with Crippen LogP contribution in [0.4, 0.5) is 5.69 Å². The van der Waals surface area contributed by atoms with E-state index in [1.165, 1.54) is 11.8 Å². The van der Waals surface area contributed by atoms with Gasteiger partial charge in [-0.1, -0.05) is 35.9 Å². The van der Waals surface area contributed by atoms with Gasteiger partial charge in [0.2, 0.25) is 5.91 Å². The summed E-state index contributed by atoms with van der Waals surface area (Å²) in [6, 6.07) is 16.5. The van der Waals surface area contributed by atoms with Gasteiger partial charge in [-0.25, -0.2) is 0 Å². The van der Waals surface area contributed by atoms with Crippen LogP contribution in [0.25, 0.3) is 0 Å². The van der Waals surface area contributed by atoms with Crippen molar-refractivity contribution in [3.63, 3.8) is 0 Å². The molecule has 0 spiro atoms. The average molecular weight is 317 g/mol. The van der Waals surface area contributed by atoms with Gasteiger partial charge >= 0.3 is 0 Å². The molecule has 0 aliphatic rings. The number of benzene rings is 2. The van der Waals surface area contributed by atoms with Crippen molar-refractivity contribution in [2.75, 3.05) is 11.1 Å². The van der Waals surface area contributed by atoms with Gasteiger partial charge in [0.25, 0.3) is 0 Å². The van der Waals surface area contributed by atoms with E-state index in [4.69, 9.17) is 16.9 Å². The van der Waals surface area contributed by atoms with E-state index >= 15 is 0 Å². The number of carbonyl (C=O) groups excluding carboxylic acids is 1. The van der Waals surface area contributed by atoms with Crippen molar-refractivity contribution in [3.8, 4) is 6.07 Å². The van der Waals surface area contributed by atoms with E-state index in [0.717, 1.165) is 4.90 Å². The lowest BCUT2D eigenvalue weighted by Crippen LogP contribution is -2.13. The molecular weight excluding hydrogens is 304 g/mol. The summed E-state index contributed by atoms with van der Waals surface area (Å²) in [6.07, 6.45) is 0.357. The minimum absolute atomic E-state index is 0.114. The Morgan fingerprint density at radius 2 is 1.90 bits per heavy atom. The first-order valence-corrected chi connectivity index (χ1v) is 7.73. The summed E-state index contributed by atoms with van der Waals surface area (Å²) >= 11 is 7.59. The number of nitrogens with one attached hydrogen (secondary N) is 1. The number of carbonyl (C=O) groups is 1. The molecule has 1 amide bonds. The highest BCUT2D eigenvalue weighted by molar-refractivity contribution is 7.99. The molecule has 1 N–H and O–H groups in total. The minimum Gasteiger partial charge on any atom is -0.325 e. The van der Waals surface area contributed by atoms with Crippen molar-refractivity contribution in [1.82, 2.24) is 0 Å². The van der Waals surface area contributed by atoms with Gasteiger partial charge in [-0.3, -0.25) is 4.79 Å². The van der Waals surface area contributed by atoms with Gasteiger partial charge in [-0.2, -0.15) is 5.26 Å². The van der Waals surface area contributed by atoms with Gasteiger partial charge in [-0.05, 0) is 24.3 Å². The minimum atomic E-state index is -0.114. The van der Waals surface area contributed by atoms with Crippen molar-refractivity contribution >= 4 is 35.0 Å². The van der Waals surface area contributed by atoms with Crippen LogP contribution in [0.1, 0.15) is 12.0 Å². The fourth-order valence-corrected chi connectivity index (χ4v) is 2.91. The first-order chi connectivity index (χ1) is 10.2. The quantitative estimate of drug-likeness (QED) is 0.835. The summed E-state index contributed by atoms with van der Waals surface area (Å²) in [5.41, 5.74) is 1.01. The highest BCUT2D eigenvalue weighted by atomic mass is 35.5. The van der Waals surface area contributed by atoms with Crippen LogP contribution >= 0.6 is 23.4 Å². The maximum absolute atomic E-state index is 11.9. The lowest BCUT2D eigenvalue weighted by molar-refractivity contribution is -0.115. The molecule has 0 heterocycles. The van der Waals surface area contributed by atoms with E-state index in [2.05, 4.69) is 11.4 Å². The predicted octanol–water partition coefficient (Wildman–Crippen LogP) is 4.33. The van der Waals surface area contributed by atoms with Gasteiger partial charge < -0.3 is 5.32 Å².